The number of nitriles is 1. The molecule has 3 rings (SSSR count). The molecule has 0 aliphatic heterocycles. The maximum absolute atomic E-state index is 12.2. The summed E-state index contributed by atoms with van der Waals surface area (Å²) < 4.78 is 5.65. The van der Waals surface area contributed by atoms with Crippen LogP contribution in [0.2, 0.25) is 0 Å². The zero-order chi connectivity index (χ0) is 19.1. The highest BCUT2D eigenvalue weighted by Gasteiger charge is 2.13. The van der Waals surface area contributed by atoms with Crippen molar-refractivity contribution in [3.8, 4) is 17.5 Å². The monoisotopic (exact) mass is 396 g/mol. The summed E-state index contributed by atoms with van der Waals surface area (Å²) in [4.78, 5) is 13.1. The second-order valence-corrected chi connectivity index (χ2v) is 7.41. The molecule has 1 heterocycles. The van der Waals surface area contributed by atoms with Crippen molar-refractivity contribution in [2.24, 2.45) is 0 Å². The second kappa shape index (κ2) is 9.26. The van der Waals surface area contributed by atoms with Crippen LogP contribution in [0.1, 0.15) is 5.56 Å². The summed E-state index contributed by atoms with van der Waals surface area (Å²) in [6.07, 6.45) is 0. The maximum Gasteiger partial charge on any atom is 0.277 e. The number of aromatic nitrogens is 2. The molecule has 3 aromatic rings. The summed E-state index contributed by atoms with van der Waals surface area (Å²) in [6.45, 7) is 1.97. The molecule has 136 valence electrons. The van der Waals surface area contributed by atoms with Crippen molar-refractivity contribution in [3.05, 3.63) is 54.1 Å². The number of rotatable bonds is 7. The summed E-state index contributed by atoms with van der Waals surface area (Å²) >= 11 is 2.56. The molecular formula is C19H16N4O2S2. The number of thioether (sulfide) groups is 2. The van der Waals surface area contributed by atoms with E-state index < -0.39 is 0 Å². The Morgan fingerprint density at radius 1 is 1.15 bits per heavy atom. The summed E-state index contributed by atoms with van der Waals surface area (Å²) in [5.41, 5.74) is 2.61. The Bertz CT molecular complexity index is 982. The third-order valence-corrected chi connectivity index (χ3v) is 5.32. The van der Waals surface area contributed by atoms with Gasteiger partial charge < -0.3 is 9.73 Å². The van der Waals surface area contributed by atoms with E-state index in [4.69, 9.17) is 9.68 Å². The molecule has 0 saturated carbocycles. The first kappa shape index (κ1) is 19.0. The first-order valence-electron chi connectivity index (χ1n) is 8.08. The number of aryl methyl sites for hydroxylation is 1. The van der Waals surface area contributed by atoms with Crippen molar-refractivity contribution in [1.82, 2.24) is 10.2 Å². The average molecular weight is 396 g/mol. The van der Waals surface area contributed by atoms with Gasteiger partial charge in [-0.25, -0.2) is 0 Å². The van der Waals surface area contributed by atoms with Crippen LogP contribution in [0, 0.1) is 18.3 Å². The SMILES string of the molecule is Cc1ccccc1-c1nnc(SCC(=O)Nc2ccccc2SCC#N)o1. The quantitative estimate of drug-likeness (QED) is 0.592. The fraction of sp³-hybridized carbons (Fsp3) is 0.158. The Labute approximate surface area is 165 Å². The largest absolute Gasteiger partial charge is 0.411 e. The van der Waals surface area contributed by atoms with Gasteiger partial charge in [-0.1, -0.05) is 42.1 Å². The lowest BCUT2D eigenvalue weighted by Crippen LogP contribution is -2.14. The highest BCUT2D eigenvalue weighted by molar-refractivity contribution is 8.00. The zero-order valence-electron chi connectivity index (χ0n) is 14.5. The number of benzene rings is 2. The molecule has 0 saturated heterocycles. The number of carbonyl (C=O) groups excluding carboxylic acids is 1. The van der Waals surface area contributed by atoms with Gasteiger partial charge in [0.15, 0.2) is 0 Å². The van der Waals surface area contributed by atoms with Crippen LogP contribution in [0.3, 0.4) is 0 Å². The molecule has 1 N–H and O–H groups in total. The maximum atomic E-state index is 12.2. The normalized spacial score (nSPS) is 10.4. The number of nitrogens with zero attached hydrogens (tertiary/aromatic N) is 3. The summed E-state index contributed by atoms with van der Waals surface area (Å²) in [6, 6.07) is 17.2. The first-order valence-corrected chi connectivity index (χ1v) is 10.1. The van der Waals surface area contributed by atoms with Crippen LogP contribution < -0.4 is 5.32 Å². The molecule has 0 aliphatic rings. The van der Waals surface area contributed by atoms with E-state index in [2.05, 4.69) is 21.6 Å². The van der Waals surface area contributed by atoms with E-state index in [1.807, 2.05) is 55.5 Å². The van der Waals surface area contributed by atoms with Crippen molar-refractivity contribution >= 4 is 35.1 Å². The van der Waals surface area contributed by atoms with Gasteiger partial charge in [0.05, 0.1) is 23.3 Å². The number of anilines is 1. The Kier molecular flexibility index (Phi) is 6.52. The van der Waals surface area contributed by atoms with E-state index in [0.29, 0.717) is 22.6 Å². The Balaban J connectivity index is 1.59. The van der Waals surface area contributed by atoms with Crippen LogP contribution in [-0.2, 0) is 4.79 Å². The van der Waals surface area contributed by atoms with Gasteiger partial charge in [0.2, 0.25) is 11.8 Å². The van der Waals surface area contributed by atoms with E-state index in [-0.39, 0.29) is 11.7 Å². The van der Waals surface area contributed by atoms with Crippen LogP contribution in [0.15, 0.2) is 63.1 Å². The lowest BCUT2D eigenvalue weighted by Gasteiger charge is -2.08. The number of amides is 1. The van der Waals surface area contributed by atoms with Gasteiger partial charge in [-0.2, -0.15) is 5.26 Å². The third-order valence-electron chi connectivity index (χ3n) is 3.56. The van der Waals surface area contributed by atoms with Crippen molar-refractivity contribution in [3.63, 3.8) is 0 Å². The van der Waals surface area contributed by atoms with Crippen LogP contribution in [0.4, 0.5) is 5.69 Å². The molecule has 0 bridgehead atoms. The van der Waals surface area contributed by atoms with Crippen molar-refractivity contribution in [2.75, 3.05) is 16.8 Å². The minimum Gasteiger partial charge on any atom is -0.411 e. The fourth-order valence-electron chi connectivity index (χ4n) is 2.31. The zero-order valence-corrected chi connectivity index (χ0v) is 16.1. The van der Waals surface area contributed by atoms with E-state index in [1.54, 1.807) is 0 Å². The number of hydrogen-bond donors (Lipinski definition) is 1. The molecule has 0 spiro atoms. The topological polar surface area (TPSA) is 91.8 Å². The molecule has 0 atom stereocenters. The predicted octanol–water partition coefficient (Wildman–Crippen LogP) is 4.39. The van der Waals surface area contributed by atoms with Gasteiger partial charge in [-0.15, -0.1) is 22.0 Å². The number of nitrogens with one attached hydrogen (secondary N) is 1. The fourth-order valence-corrected chi connectivity index (χ4v) is 3.54. The minimum atomic E-state index is -0.180. The smallest absolute Gasteiger partial charge is 0.277 e. The number of para-hydroxylation sites is 1. The van der Waals surface area contributed by atoms with Gasteiger partial charge in [0, 0.05) is 10.5 Å². The molecule has 6 nitrogen and oxygen atoms in total. The second-order valence-electron chi connectivity index (χ2n) is 5.47. The van der Waals surface area contributed by atoms with Crippen molar-refractivity contribution in [2.45, 2.75) is 17.0 Å². The number of hydrogen-bond acceptors (Lipinski definition) is 7. The van der Waals surface area contributed by atoms with Gasteiger partial charge in [0.1, 0.15) is 0 Å². The predicted molar refractivity (Wildman–Crippen MR) is 107 cm³/mol. The highest BCUT2D eigenvalue weighted by atomic mass is 32.2. The minimum absolute atomic E-state index is 0.145. The molecule has 2 aromatic carbocycles. The first-order chi connectivity index (χ1) is 13.2. The van der Waals surface area contributed by atoms with Gasteiger partial charge in [-0.05, 0) is 30.7 Å². The van der Waals surface area contributed by atoms with E-state index >= 15 is 0 Å². The lowest BCUT2D eigenvalue weighted by molar-refractivity contribution is -0.113. The van der Waals surface area contributed by atoms with Crippen LogP contribution >= 0.6 is 23.5 Å². The van der Waals surface area contributed by atoms with E-state index in [9.17, 15) is 4.79 Å². The van der Waals surface area contributed by atoms with E-state index in [1.165, 1.54) is 23.5 Å². The Morgan fingerprint density at radius 2 is 1.93 bits per heavy atom. The molecule has 1 amide bonds. The molecule has 27 heavy (non-hydrogen) atoms. The molecule has 1 aromatic heterocycles. The van der Waals surface area contributed by atoms with Gasteiger partial charge in [-0.3, -0.25) is 4.79 Å². The van der Waals surface area contributed by atoms with Gasteiger partial charge >= 0.3 is 0 Å². The molecule has 0 radical (unpaired) electrons. The van der Waals surface area contributed by atoms with E-state index in [0.717, 1.165) is 16.0 Å². The molecule has 0 fully saturated rings. The summed E-state index contributed by atoms with van der Waals surface area (Å²) in [5, 5.41) is 20.0. The van der Waals surface area contributed by atoms with Gasteiger partial charge in [0.25, 0.3) is 5.22 Å². The standard InChI is InChI=1S/C19H16N4O2S2/c1-13-6-2-3-7-14(13)18-22-23-19(25-18)27-12-17(24)21-15-8-4-5-9-16(15)26-11-10-20/h2-9H,11-12H2,1H3,(H,21,24). The molecule has 0 unspecified atom stereocenters. The highest BCUT2D eigenvalue weighted by Crippen LogP contribution is 2.28. The summed E-state index contributed by atoms with van der Waals surface area (Å²) in [7, 11) is 0. The molecule has 8 heteroatoms. The summed E-state index contributed by atoms with van der Waals surface area (Å²) in [5.74, 6) is 0.729. The molecular weight excluding hydrogens is 380 g/mol. The van der Waals surface area contributed by atoms with Crippen molar-refractivity contribution in [1.29, 1.82) is 5.26 Å². The molecule has 0 aliphatic carbocycles. The van der Waals surface area contributed by atoms with Crippen LogP contribution in [0.5, 0.6) is 0 Å². The lowest BCUT2D eigenvalue weighted by atomic mass is 10.1. The third kappa shape index (κ3) is 5.12. The van der Waals surface area contributed by atoms with Crippen LogP contribution in [0.25, 0.3) is 11.5 Å². The van der Waals surface area contributed by atoms with Crippen LogP contribution in [-0.4, -0.2) is 27.6 Å². The Hall–Kier alpha value is -2.76. The number of carbonyl (C=O) groups is 1. The Morgan fingerprint density at radius 3 is 2.74 bits per heavy atom. The average Bonchev–Trinajstić information content (AvgIpc) is 3.15. The van der Waals surface area contributed by atoms with Crippen molar-refractivity contribution < 1.29 is 9.21 Å².